The lowest BCUT2D eigenvalue weighted by Crippen LogP contribution is -2.29. The number of nitrogens with zero attached hydrogens (tertiary/aromatic N) is 1. The Morgan fingerprint density at radius 1 is 1.04 bits per heavy atom. The zero-order chi connectivity index (χ0) is 21.1. The SMILES string of the molecule is CCN(c1ccc(C(=O)NC(C)c2ccc(C(C)(C)C)cc2)cc1)S(C)(=O)=O. The van der Waals surface area contributed by atoms with Gasteiger partial charge in [0.05, 0.1) is 18.0 Å². The van der Waals surface area contributed by atoms with E-state index >= 15 is 0 Å². The lowest BCUT2D eigenvalue weighted by molar-refractivity contribution is 0.0940. The molecule has 1 unspecified atom stereocenters. The minimum absolute atomic E-state index is 0.0884. The molecule has 1 N–H and O–H groups in total. The van der Waals surface area contributed by atoms with Gasteiger partial charge < -0.3 is 5.32 Å². The summed E-state index contributed by atoms with van der Waals surface area (Å²) in [5.74, 6) is -0.193. The Labute approximate surface area is 168 Å². The van der Waals surface area contributed by atoms with Gasteiger partial charge in [0.25, 0.3) is 5.91 Å². The molecule has 0 aliphatic heterocycles. The maximum Gasteiger partial charge on any atom is 0.251 e. The van der Waals surface area contributed by atoms with Crippen molar-refractivity contribution in [2.75, 3.05) is 17.1 Å². The molecular formula is C22H30N2O3S. The second kappa shape index (κ2) is 8.35. The molecular weight excluding hydrogens is 372 g/mol. The molecule has 1 atom stereocenters. The van der Waals surface area contributed by atoms with Crippen LogP contribution in [0.3, 0.4) is 0 Å². The van der Waals surface area contributed by atoms with Crippen LogP contribution in [0.5, 0.6) is 0 Å². The van der Waals surface area contributed by atoms with Crippen molar-refractivity contribution < 1.29 is 13.2 Å². The zero-order valence-electron chi connectivity index (χ0n) is 17.5. The van der Waals surface area contributed by atoms with Gasteiger partial charge in [0.2, 0.25) is 10.0 Å². The number of hydrogen-bond acceptors (Lipinski definition) is 3. The average Bonchev–Trinajstić information content (AvgIpc) is 2.61. The van der Waals surface area contributed by atoms with Crippen LogP contribution in [0, 0.1) is 0 Å². The fraction of sp³-hybridized carbons (Fsp3) is 0.409. The Morgan fingerprint density at radius 2 is 1.57 bits per heavy atom. The fourth-order valence-electron chi connectivity index (χ4n) is 3.02. The quantitative estimate of drug-likeness (QED) is 0.785. The Balaban J connectivity index is 2.10. The Hall–Kier alpha value is -2.34. The van der Waals surface area contributed by atoms with Gasteiger partial charge in [-0.25, -0.2) is 8.42 Å². The van der Waals surface area contributed by atoms with Crippen molar-refractivity contribution in [3.05, 3.63) is 65.2 Å². The summed E-state index contributed by atoms with van der Waals surface area (Å²) in [5.41, 5.74) is 3.41. The number of nitrogens with one attached hydrogen (secondary N) is 1. The van der Waals surface area contributed by atoms with Crippen molar-refractivity contribution in [1.82, 2.24) is 5.32 Å². The van der Waals surface area contributed by atoms with E-state index in [0.29, 0.717) is 17.8 Å². The summed E-state index contributed by atoms with van der Waals surface area (Å²) in [7, 11) is -3.34. The highest BCUT2D eigenvalue weighted by Crippen LogP contribution is 2.24. The second-order valence-corrected chi connectivity index (χ2v) is 9.95. The predicted molar refractivity (Wildman–Crippen MR) is 115 cm³/mol. The van der Waals surface area contributed by atoms with Crippen LogP contribution < -0.4 is 9.62 Å². The van der Waals surface area contributed by atoms with Crippen LogP contribution in [0.25, 0.3) is 0 Å². The average molecular weight is 403 g/mol. The Morgan fingerprint density at radius 3 is 2.00 bits per heavy atom. The number of sulfonamides is 1. The topological polar surface area (TPSA) is 66.5 Å². The third kappa shape index (κ3) is 5.35. The number of carbonyl (C=O) groups excluding carboxylic acids is 1. The number of carbonyl (C=O) groups is 1. The first-order chi connectivity index (χ1) is 12.9. The van der Waals surface area contributed by atoms with Crippen molar-refractivity contribution in [3.63, 3.8) is 0 Å². The molecule has 0 saturated heterocycles. The van der Waals surface area contributed by atoms with Gasteiger partial charge in [-0.15, -0.1) is 0 Å². The summed E-state index contributed by atoms with van der Waals surface area (Å²) >= 11 is 0. The van der Waals surface area contributed by atoms with E-state index in [-0.39, 0.29) is 17.4 Å². The summed E-state index contributed by atoms with van der Waals surface area (Å²) in [5, 5.41) is 2.99. The van der Waals surface area contributed by atoms with E-state index < -0.39 is 10.0 Å². The van der Waals surface area contributed by atoms with Crippen LogP contribution in [0.4, 0.5) is 5.69 Å². The summed E-state index contributed by atoms with van der Waals surface area (Å²) < 4.78 is 24.9. The van der Waals surface area contributed by atoms with E-state index in [4.69, 9.17) is 0 Å². The number of hydrogen-bond donors (Lipinski definition) is 1. The molecule has 0 fully saturated rings. The third-order valence-corrected chi connectivity index (χ3v) is 6.00. The van der Waals surface area contributed by atoms with Gasteiger partial charge >= 0.3 is 0 Å². The molecule has 2 aromatic rings. The van der Waals surface area contributed by atoms with Crippen molar-refractivity contribution in [2.24, 2.45) is 0 Å². The van der Waals surface area contributed by atoms with E-state index in [9.17, 15) is 13.2 Å². The normalized spacial score (nSPS) is 13.1. The molecule has 1 amide bonds. The molecule has 152 valence electrons. The molecule has 6 heteroatoms. The zero-order valence-corrected chi connectivity index (χ0v) is 18.3. The van der Waals surface area contributed by atoms with Crippen LogP contribution in [0.1, 0.15) is 62.1 Å². The lowest BCUT2D eigenvalue weighted by atomic mass is 9.86. The highest BCUT2D eigenvalue weighted by atomic mass is 32.2. The molecule has 2 aromatic carbocycles. The standard InChI is InChI=1S/C22H30N2O3S/c1-7-24(28(6,26)27)20-14-10-18(11-15-20)21(25)23-16(2)17-8-12-19(13-9-17)22(3,4)5/h8-16H,7H2,1-6H3,(H,23,25). The molecule has 0 aliphatic carbocycles. The van der Waals surface area contributed by atoms with Gasteiger partial charge in [-0.05, 0) is 54.7 Å². The highest BCUT2D eigenvalue weighted by molar-refractivity contribution is 7.92. The van der Waals surface area contributed by atoms with Gasteiger partial charge in [-0.3, -0.25) is 9.10 Å². The third-order valence-electron chi connectivity index (χ3n) is 4.73. The lowest BCUT2D eigenvalue weighted by Gasteiger charge is -2.21. The maximum atomic E-state index is 12.6. The van der Waals surface area contributed by atoms with Crippen molar-refractivity contribution in [1.29, 1.82) is 0 Å². The fourth-order valence-corrected chi connectivity index (χ4v) is 4.00. The van der Waals surface area contributed by atoms with Gasteiger partial charge in [0, 0.05) is 12.1 Å². The second-order valence-electron chi connectivity index (χ2n) is 8.04. The molecule has 2 rings (SSSR count). The van der Waals surface area contributed by atoms with Crippen LogP contribution in [-0.2, 0) is 15.4 Å². The minimum atomic E-state index is -3.34. The van der Waals surface area contributed by atoms with Crippen molar-refractivity contribution in [3.8, 4) is 0 Å². The van der Waals surface area contributed by atoms with Gasteiger partial charge in [0.1, 0.15) is 0 Å². The Kier molecular flexibility index (Phi) is 6.55. The van der Waals surface area contributed by atoms with Gasteiger partial charge in [0.15, 0.2) is 0 Å². The molecule has 0 aliphatic rings. The predicted octanol–water partition coefficient (Wildman–Crippen LogP) is 4.26. The smallest absolute Gasteiger partial charge is 0.251 e. The molecule has 0 aromatic heterocycles. The first-order valence-electron chi connectivity index (χ1n) is 9.42. The summed E-state index contributed by atoms with van der Waals surface area (Å²) in [6.07, 6.45) is 1.17. The molecule has 0 bridgehead atoms. The Bertz CT molecular complexity index is 912. The van der Waals surface area contributed by atoms with Crippen LogP contribution >= 0.6 is 0 Å². The molecule has 0 radical (unpaired) electrons. The monoisotopic (exact) mass is 402 g/mol. The summed E-state index contributed by atoms with van der Waals surface area (Å²) in [6, 6.07) is 14.7. The first kappa shape index (κ1) is 22.0. The molecule has 0 spiro atoms. The number of amides is 1. The molecule has 28 heavy (non-hydrogen) atoms. The van der Waals surface area contributed by atoms with Crippen molar-refractivity contribution in [2.45, 2.75) is 46.1 Å². The number of benzene rings is 2. The first-order valence-corrected chi connectivity index (χ1v) is 11.3. The van der Waals surface area contributed by atoms with Crippen molar-refractivity contribution >= 4 is 21.6 Å². The van der Waals surface area contributed by atoms with E-state index in [0.717, 1.165) is 5.56 Å². The molecule has 5 nitrogen and oxygen atoms in total. The minimum Gasteiger partial charge on any atom is -0.346 e. The van der Waals surface area contributed by atoms with E-state index in [1.807, 2.05) is 19.1 Å². The van der Waals surface area contributed by atoms with Crippen LogP contribution in [-0.4, -0.2) is 27.1 Å². The van der Waals surface area contributed by atoms with Crippen LogP contribution in [0.15, 0.2) is 48.5 Å². The summed E-state index contributed by atoms with van der Waals surface area (Å²) in [6.45, 7) is 10.6. The van der Waals surface area contributed by atoms with E-state index in [1.54, 1.807) is 31.2 Å². The number of rotatable bonds is 6. The highest BCUT2D eigenvalue weighted by Gasteiger charge is 2.17. The number of anilines is 1. The van der Waals surface area contributed by atoms with Gasteiger partial charge in [-0.1, -0.05) is 45.0 Å². The largest absolute Gasteiger partial charge is 0.346 e. The van der Waals surface area contributed by atoms with E-state index in [2.05, 4.69) is 38.2 Å². The van der Waals surface area contributed by atoms with Gasteiger partial charge in [-0.2, -0.15) is 0 Å². The summed E-state index contributed by atoms with van der Waals surface area (Å²) in [4.78, 5) is 12.6. The van der Waals surface area contributed by atoms with E-state index in [1.165, 1.54) is 16.1 Å². The molecule has 0 saturated carbocycles. The van der Waals surface area contributed by atoms with Crippen LogP contribution in [0.2, 0.25) is 0 Å². The maximum absolute atomic E-state index is 12.6. The molecule has 0 heterocycles.